The van der Waals surface area contributed by atoms with E-state index in [-0.39, 0.29) is 29.8 Å². The van der Waals surface area contributed by atoms with Gasteiger partial charge < -0.3 is 9.64 Å². The molecule has 2 bridgehead atoms. The number of halogens is 4. The molecule has 2 fully saturated rings. The maximum absolute atomic E-state index is 13.5. The molecule has 0 N–H and O–H groups in total. The van der Waals surface area contributed by atoms with Crippen LogP contribution in [0.3, 0.4) is 0 Å². The summed E-state index contributed by atoms with van der Waals surface area (Å²) in [4.78, 5) is 30.6. The Hall–Kier alpha value is -3.63. The summed E-state index contributed by atoms with van der Waals surface area (Å²) in [6.07, 6.45) is 0.476. The van der Waals surface area contributed by atoms with Gasteiger partial charge in [0.05, 0.1) is 29.6 Å². The van der Waals surface area contributed by atoms with Crippen LogP contribution in [0.25, 0.3) is 11.4 Å². The molecule has 0 radical (unpaired) electrons. The fourth-order valence-electron chi connectivity index (χ4n) is 4.49. The first-order valence-electron chi connectivity index (χ1n) is 10.3. The average Bonchev–Trinajstić information content (AvgIpc) is 3.37. The van der Waals surface area contributed by atoms with Crippen molar-refractivity contribution in [1.29, 1.82) is 0 Å². The third-order valence-corrected chi connectivity index (χ3v) is 5.95. The lowest BCUT2D eigenvalue weighted by atomic mass is 9.98. The maximum atomic E-state index is 13.5. The van der Waals surface area contributed by atoms with Crippen molar-refractivity contribution in [2.24, 2.45) is 0 Å². The number of amides is 1. The van der Waals surface area contributed by atoms with Gasteiger partial charge in [0.1, 0.15) is 6.10 Å². The van der Waals surface area contributed by atoms with Gasteiger partial charge in [0, 0.05) is 30.4 Å². The van der Waals surface area contributed by atoms with E-state index in [1.807, 2.05) is 0 Å². The van der Waals surface area contributed by atoms with Crippen LogP contribution in [0.2, 0.25) is 0 Å². The van der Waals surface area contributed by atoms with E-state index in [1.165, 1.54) is 0 Å². The van der Waals surface area contributed by atoms with Gasteiger partial charge in [-0.25, -0.2) is 24.3 Å². The molecule has 1 aromatic carbocycles. The molecule has 2 saturated heterocycles. The molecule has 0 saturated carbocycles. The van der Waals surface area contributed by atoms with E-state index in [0.29, 0.717) is 36.4 Å². The zero-order valence-electron chi connectivity index (χ0n) is 17.0. The third kappa shape index (κ3) is 3.98. The first-order valence-corrected chi connectivity index (χ1v) is 10.3. The minimum Gasteiger partial charge on any atom is -0.458 e. The fourth-order valence-corrected chi connectivity index (χ4v) is 4.49. The highest BCUT2D eigenvalue weighted by atomic mass is 19.4. The number of hydrogen-bond acceptors (Lipinski definition) is 6. The fraction of sp³-hybridized carbons (Fsp3) is 0.318. The Morgan fingerprint density at radius 2 is 1.70 bits per heavy atom. The number of alkyl halides is 3. The predicted molar refractivity (Wildman–Crippen MR) is 106 cm³/mol. The molecule has 0 spiro atoms. The molecule has 3 aromatic rings. The average molecular weight is 459 g/mol. The van der Waals surface area contributed by atoms with E-state index in [9.17, 15) is 22.4 Å². The largest absolute Gasteiger partial charge is 0.458 e. The number of aromatic nitrogens is 4. The summed E-state index contributed by atoms with van der Waals surface area (Å²) in [5.74, 6) is -0.575. The van der Waals surface area contributed by atoms with E-state index in [2.05, 4.69) is 19.9 Å². The Balaban J connectivity index is 1.36. The second-order valence-electron chi connectivity index (χ2n) is 7.93. The molecule has 3 unspecified atom stereocenters. The monoisotopic (exact) mass is 459 g/mol. The summed E-state index contributed by atoms with van der Waals surface area (Å²) in [5.41, 5.74) is -0.0935. The quantitative estimate of drug-likeness (QED) is 0.551. The molecular formula is C22H17F4N5O2. The second-order valence-corrected chi connectivity index (χ2v) is 7.93. The van der Waals surface area contributed by atoms with Crippen LogP contribution in [-0.4, -0.2) is 48.9 Å². The van der Waals surface area contributed by atoms with Crippen molar-refractivity contribution in [3.05, 3.63) is 66.0 Å². The number of benzene rings is 1. The minimum atomic E-state index is -4.53. The number of nitrogens with zero attached hydrogens (tertiary/aromatic N) is 5. The molecule has 2 aliphatic rings. The van der Waals surface area contributed by atoms with Crippen molar-refractivity contribution >= 4 is 5.91 Å². The number of rotatable bonds is 4. The van der Waals surface area contributed by atoms with Crippen LogP contribution < -0.4 is 4.74 Å². The third-order valence-electron chi connectivity index (χ3n) is 5.95. The number of hydrogen-bond donors (Lipinski definition) is 0. The topological polar surface area (TPSA) is 81.1 Å². The Kier molecular flexibility index (Phi) is 5.18. The van der Waals surface area contributed by atoms with Gasteiger partial charge in [-0.2, -0.15) is 13.2 Å². The van der Waals surface area contributed by atoms with E-state index in [1.54, 1.807) is 29.2 Å². The summed E-state index contributed by atoms with van der Waals surface area (Å²) in [6.45, 7) is 0. The Labute approximate surface area is 185 Å². The summed E-state index contributed by atoms with van der Waals surface area (Å²) in [6, 6.07) is 6.32. The van der Waals surface area contributed by atoms with Crippen LogP contribution in [0, 0.1) is 5.82 Å². The molecule has 5 rings (SSSR count). The molecule has 1 amide bonds. The van der Waals surface area contributed by atoms with Gasteiger partial charge >= 0.3 is 12.2 Å². The Morgan fingerprint density at radius 1 is 1.00 bits per heavy atom. The number of ether oxygens (including phenoxy) is 1. The lowest BCUT2D eigenvalue weighted by molar-refractivity contribution is -0.138. The van der Waals surface area contributed by atoms with Crippen LogP contribution in [0.15, 0.2) is 49.1 Å². The maximum Gasteiger partial charge on any atom is 0.419 e. The standard InChI is InChI=1S/C22H17F4N5O2/c23-13-10-27-19(28-11-13)15-3-1-2-4-16(15)20(32)31-14-5-6-17(31)18(7-14)33-21-29-8-12(9-30-21)22(24,25)26/h1-4,8-11,14,17-18H,5-7H2. The molecular weight excluding hydrogens is 442 g/mol. The normalized spacial score (nSPS) is 21.9. The van der Waals surface area contributed by atoms with Crippen molar-refractivity contribution in [2.75, 3.05) is 0 Å². The Morgan fingerprint density at radius 3 is 2.39 bits per heavy atom. The molecule has 3 atom stereocenters. The van der Waals surface area contributed by atoms with Crippen LogP contribution >= 0.6 is 0 Å². The minimum absolute atomic E-state index is 0.0795. The van der Waals surface area contributed by atoms with Crippen LogP contribution in [-0.2, 0) is 6.18 Å². The first-order chi connectivity index (χ1) is 15.8. The van der Waals surface area contributed by atoms with Gasteiger partial charge in [-0.3, -0.25) is 4.79 Å². The van der Waals surface area contributed by atoms with Crippen LogP contribution in [0.1, 0.15) is 35.2 Å². The summed E-state index contributed by atoms with van der Waals surface area (Å²) in [5, 5.41) is 0. The zero-order chi connectivity index (χ0) is 23.2. The predicted octanol–water partition coefficient (Wildman–Crippen LogP) is 3.92. The van der Waals surface area contributed by atoms with Gasteiger partial charge in [-0.05, 0) is 18.9 Å². The van der Waals surface area contributed by atoms with Gasteiger partial charge in [0.15, 0.2) is 11.6 Å². The van der Waals surface area contributed by atoms with Gasteiger partial charge in [0.25, 0.3) is 5.91 Å². The van der Waals surface area contributed by atoms with Gasteiger partial charge in [-0.15, -0.1) is 0 Å². The van der Waals surface area contributed by atoms with Crippen molar-refractivity contribution in [3.63, 3.8) is 0 Å². The summed E-state index contributed by atoms with van der Waals surface area (Å²) < 4.78 is 57.2. The van der Waals surface area contributed by atoms with Crippen LogP contribution in [0.5, 0.6) is 6.01 Å². The molecule has 2 aromatic heterocycles. The van der Waals surface area contributed by atoms with E-state index < -0.39 is 23.7 Å². The zero-order valence-corrected chi connectivity index (χ0v) is 17.0. The lowest BCUT2D eigenvalue weighted by Crippen LogP contribution is -2.39. The van der Waals surface area contributed by atoms with E-state index in [0.717, 1.165) is 18.8 Å². The second kappa shape index (κ2) is 8.05. The first kappa shape index (κ1) is 21.2. The van der Waals surface area contributed by atoms with E-state index >= 15 is 0 Å². The van der Waals surface area contributed by atoms with Crippen molar-refractivity contribution in [1.82, 2.24) is 24.8 Å². The SMILES string of the molecule is O=C(c1ccccc1-c1ncc(F)cn1)N1C2CCC1C(Oc1ncc(C(F)(F)F)cn1)C2. The van der Waals surface area contributed by atoms with Crippen molar-refractivity contribution in [3.8, 4) is 17.4 Å². The van der Waals surface area contributed by atoms with Crippen LogP contribution in [0.4, 0.5) is 17.6 Å². The van der Waals surface area contributed by atoms with Gasteiger partial charge in [0.2, 0.25) is 0 Å². The van der Waals surface area contributed by atoms with E-state index in [4.69, 9.17) is 4.74 Å². The van der Waals surface area contributed by atoms with Gasteiger partial charge in [-0.1, -0.05) is 18.2 Å². The molecule has 7 nitrogen and oxygen atoms in total. The molecule has 170 valence electrons. The molecule has 4 heterocycles. The lowest BCUT2D eigenvalue weighted by Gasteiger charge is -2.25. The summed E-state index contributed by atoms with van der Waals surface area (Å²) in [7, 11) is 0. The number of carbonyl (C=O) groups is 1. The van der Waals surface area contributed by atoms with Crippen molar-refractivity contribution < 1.29 is 27.1 Å². The molecule has 2 aliphatic heterocycles. The molecule has 33 heavy (non-hydrogen) atoms. The number of carbonyl (C=O) groups excluding carboxylic acids is 1. The smallest absolute Gasteiger partial charge is 0.419 e. The van der Waals surface area contributed by atoms with Crippen molar-refractivity contribution in [2.45, 2.75) is 43.6 Å². The highest BCUT2D eigenvalue weighted by molar-refractivity contribution is 6.00. The Bertz CT molecular complexity index is 1170. The molecule has 11 heteroatoms. The number of fused-ring (bicyclic) bond motifs is 2. The highest BCUT2D eigenvalue weighted by Gasteiger charge is 2.50. The highest BCUT2D eigenvalue weighted by Crippen LogP contribution is 2.41. The molecule has 0 aliphatic carbocycles. The summed E-state index contributed by atoms with van der Waals surface area (Å²) >= 11 is 0.